The van der Waals surface area contributed by atoms with Crippen molar-refractivity contribution >= 4 is 21.7 Å². The zero-order chi connectivity index (χ0) is 23.4. The predicted molar refractivity (Wildman–Crippen MR) is 144 cm³/mol. The lowest BCUT2D eigenvalue weighted by molar-refractivity contribution is 0.590. The number of hydrogen-bond donors (Lipinski definition) is 1. The van der Waals surface area contributed by atoms with Gasteiger partial charge in [-0.2, -0.15) is 0 Å². The van der Waals surface area contributed by atoms with Gasteiger partial charge < -0.3 is 4.98 Å². The molecule has 0 saturated carbocycles. The number of fused-ring (bicyclic) bond motifs is 2. The van der Waals surface area contributed by atoms with Gasteiger partial charge in [-0.25, -0.2) is 0 Å². The molecule has 1 heterocycles. The molecule has 5 rings (SSSR count). The molecule has 0 aliphatic carbocycles. The summed E-state index contributed by atoms with van der Waals surface area (Å²) in [5, 5.41) is 3.80. The summed E-state index contributed by atoms with van der Waals surface area (Å²) in [7, 11) is 0. The van der Waals surface area contributed by atoms with E-state index in [1.54, 1.807) is 0 Å². The number of H-pyrrole nitrogens is 1. The van der Waals surface area contributed by atoms with Gasteiger partial charge in [0, 0.05) is 16.5 Å². The first-order valence-electron chi connectivity index (χ1n) is 11.9. The first-order valence-corrected chi connectivity index (χ1v) is 11.9. The van der Waals surface area contributed by atoms with E-state index in [1.807, 2.05) is 0 Å². The zero-order valence-corrected chi connectivity index (χ0v) is 20.6. The molecule has 1 N–H and O–H groups in total. The monoisotopic (exact) mass is 431 g/mol. The Morgan fingerprint density at radius 1 is 0.545 bits per heavy atom. The minimum absolute atomic E-state index is 0.139. The van der Waals surface area contributed by atoms with Gasteiger partial charge in [0.15, 0.2) is 0 Å². The molecule has 0 radical (unpaired) electrons. The van der Waals surface area contributed by atoms with E-state index in [4.69, 9.17) is 0 Å². The highest BCUT2D eigenvalue weighted by atomic mass is 14.7. The topological polar surface area (TPSA) is 15.8 Å². The predicted octanol–water partition coefficient (Wildman–Crippen LogP) is 9.25. The molecule has 166 valence electrons. The van der Waals surface area contributed by atoms with Crippen molar-refractivity contribution in [2.24, 2.45) is 0 Å². The molecule has 0 spiro atoms. The van der Waals surface area contributed by atoms with Crippen molar-refractivity contribution in [3.05, 3.63) is 96.1 Å². The van der Waals surface area contributed by atoms with E-state index in [1.165, 1.54) is 55.2 Å². The highest BCUT2D eigenvalue weighted by Gasteiger charge is 2.19. The molecule has 1 nitrogen and oxygen atoms in total. The van der Waals surface area contributed by atoms with Crippen molar-refractivity contribution in [1.82, 2.24) is 4.98 Å². The number of hydrogen-bond acceptors (Lipinski definition) is 0. The van der Waals surface area contributed by atoms with Crippen molar-refractivity contribution in [2.45, 2.75) is 52.4 Å². The number of rotatable bonds is 2. The van der Waals surface area contributed by atoms with Gasteiger partial charge >= 0.3 is 0 Å². The van der Waals surface area contributed by atoms with E-state index in [9.17, 15) is 0 Å². The zero-order valence-electron chi connectivity index (χ0n) is 20.6. The minimum atomic E-state index is 0.139. The second-order valence-electron chi connectivity index (χ2n) is 11.3. The van der Waals surface area contributed by atoms with Crippen LogP contribution in [-0.2, 0) is 10.8 Å². The summed E-state index contributed by atoms with van der Waals surface area (Å²) >= 11 is 0. The minimum Gasteiger partial charge on any atom is -0.354 e. The van der Waals surface area contributed by atoms with Crippen LogP contribution in [0.4, 0.5) is 0 Å². The summed E-state index contributed by atoms with van der Waals surface area (Å²) < 4.78 is 0. The average molecular weight is 432 g/mol. The maximum Gasteiger partial charge on any atom is 0.0544 e. The molecule has 0 unspecified atom stereocenters. The molecule has 0 aliphatic rings. The van der Waals surface area contributed by atoms with E-state index >= 15 is 0 Å². The van der Waals surface area contributed by atoms with Crippen molar-refractivity contribution in [3.8, 4) is 22.4 Å². The molecule has 0 amide bonds. The molecular weight excluding hydrogens is 398 g/mol. The molecule has 0 bridgehead atoms. The number of nitrogens with one attached hydrogen (secondary N) is 1. The number of aromatic amines is 1. The summed E-state index contributed by atoms with van der Waals surface area (Å²) in [4.78, 5) is 3.77. The Morgan fingerprint density at radius 3 is 1.55 bits per heavy atom. The van der Waals surface area contributed by atoms with Crippen LogP contribution in [0.3, 0.4) is 0 Å². The third kappa shape index (κ3) is 3.97. The highest BCUT2D eigenvalue weighted by Crippen LogP contribution is 2.41. The average Bonchev–Trinajstić information content (AvgIpc) is 3.14. The molecule has 33 heavy (non-hydrogen) atoms. The second kappa shape index (κ2) is 7.63. The lowest BCUT2D eigenvalue weighted by Crippen LogP contribution is -2.10. The number of benzene rings is 4. The van der Waals surface area contributed by atoms with E-state index in [0.717, 1.165) is 0 Å². The third-order valence-corrected chi connectivity index (χ3v) is 6.74. The van der Waals surface area contributed by atoms with Crippen LogP contribution >= 0.6 is 0 Å². The Balaban J connectivity index is 1.75. The maximum absolute atomic E-state index is 3.77. The summed E-state index contributed by atoms with van der Waals surface area (Å²) in [6.45, 7) is 13.6. The van der Waals surface area contributed by atoms with Crippen molar-refractivity contribution < 1.29 is 0 Å². The van der Waals surface area contributed by atoms with Crippen LogP contribution in [0.2, 0.25) is 0 Å². The van der Waals surface area contributed by atoms with Crippen LogP contribution in [0.5, 0.6) is 0 Å². The van der Waals surface area contributed by atoms with Crippen molar-refractivity contribution in [3.63, 3.8) is 0 Å². The lowest BCUT2D eigenvalue weighted by Gasteiger charge is -2.20. The van der Waals surface area contributed by atoms with Crippen LogP contribution < -0.4 is 0 Å². The van der Waals surface area contributed by atoms with Gasteiger partial charge in [-0.1, -0.05) is 114 Å². The summed E-state index contributed by atoms with van der Waals surface area (Å²) in [5.41, 5.74) is 9.10. The smallest absolute Gasteiger partial charge is 0.0544 e. The van der Waals surface area contributed by atoms with Crippen molar-refractivity contribution in [1.29, 1.82) is 0 Å². The molecule has 0 saturated heterocycles. The highest BCUT2D eigenvalue weighted by molar-refractivity contribution is 6.09. The first kappa shape index (κ1) is 21.5. The first-order chi connectivity index (χ1) is 15.6. The molecule has 0 fully saturated rings. The SMILES string of the molecule is CC(C)(C)c1ccc(-c2[nH]c3cc4ccccc4cc3c2-c2ccc(C(C)(C)C)cc2)cc1. The van der Waals surface area contributed by atoms with Crippen LogP contribution in [-0.4, -0.2) is 4.98 Å². The molecule has 0 atom stereocenters. The van der Waals surface area contributed by atoms with Gasteiger partial charge in [-0.3, -0.25) is 0 Å². The lowest BCUT2D eigenvalue weighted by atomic mass is 9.85. The Bertz CT molecular complexity index is 1430. The Hall–Kier alpha value is -3.32. The molecule has 0 aliphatic heterocycles. The third-order valence-electron chi connectivity index (χ3n) is 6.74. The van der Waals surface area contributed by atoms with Gasteiger partial charge in [-0.05, 0) is 56.0 Å². The van der Waals surface area contributed by atoms with Crippen LogP contribution in [0.1, 0.15) is 52.7 Å². The quantitative estimate of drug-likeness (QED) is 0.287. The van der Waals surface area contributed by atoms with E-state index in [-0.39, 0.29) is 10.8 Å². The fourth-order valence-electron chi connectivity index (χ4n) is 4.67. The van der Waals surface area contributed by atoms with Gasteiger partial charge in [0.2, 0.25) is 0 Å². The maximum atomic E-state index is 3.77. The van der Waals surface area contributed by atoms with Gasteiger partial charge in [-0.15, -0.1) is 0 Å². The molecule has 1 heteroatoms. The molecular formula is C32H33N. The van der Waals surface area contributed by atoms with Gasteiger partial charge in [0.1, 0.15) is 0 Å². The fraction of sp³-hybridized carbons (Fsp3) is 0.250. The molecule has 1 aromatic heterocycles. The van der Waals surface area contributed by atoms with Gasteiger partial charge in [0.05, 0.1) is 5.69 Å². The van der Waals surface area contributed by atoms with Crippen LogP contribution in [0.15, 0.2) is 84.9 Å². The largest absolute Gasteiger partial charge is 0.354 e. The normalized spacial score (nSPS) is 12.5. The Kier molecular flexibility index (Phi) is 4.97. The fourth-order valence-corrected chi connectivity index (χ4v) is 4.67. The summed E-state index contributed by atoms with van der Waals surface area (Å²) in [6, 6.07) is 31.4. The van der Waals surface area contributed by atoms with Crippen LogP contribution in [0, 0.1) is 0 Å². The second-order valence-corrected chi connectivity index (χ2v) is 11.3. The van der Waals surface area contributed by atoms with E-state index in [0.29, 0.717) is 0 Å². The summed E-state index contributed by atoms with van der Waals surface area (Å²) in [5.74, 6) is 0. The Morgan fingerprint density at radius 2 is 1.03 bits per heavy atom. The summed E-state index contributed by atoms with van der Waals surface area (Å²) in [6.07, 6.45) is 0. The number of aromatic nitrogens is 1. The van der Waals surface area contributed by atoms with E-state index in [2.05, 4.69) is 131 Å². The molecule has 4 aromatic carbocycles. The van der Waals surface area contributed by atoms with E-state index < -0.39 is 0 Å². The van der Waals surface area contributed by atoms with Crippen molar-refractivity contribution in [2.75, 3.05) is 0 Å². The van der Waals surface area contributed by atoms with Gasteiger partial charge in [0.25, 0.3) is 0 Å². The Labute approximate surface area is 197 Å². The standard InChI is InChI=1S/C32H33N/c1-31(2,3)25-15-11-21(12-16-25)29-27-19-23-9-7-8-10-24(23)20-28(27)33-30(29)22-13-17-26(18-14-22)32(4,5)6/h7-20,33H,1-6H3. The van der Waals surface area contributed by atoms with Crippen LogP contribution in [0.25, 0.3) is 44.1 Å². The molecule has 5 aromatic rings.